The topological polar surface area (TPSA) is 46.3 Å². The van der Waals surface area contributed by atoms with Gasteiger partial charge in [-0.3, -0.25) is 0 Å². The van der Waals surface area contributed by atoms with Crippen LogP contribution in [0, 0.1) is 0 Å². The first-order chi connectivity index (χ1) is 4.30. The molecule has 1 saturated heterocycles. The molecule has 0 saturated carbocycles. The molecule has 52 valence electrons. The second-order valence-corrected chi connectivity index (χ2v) is 3.58. The SMILES string of the molecule is NC(=O)N1CCPCC1. The Bertz CT molecular complexity index is 112. The van der Waals surface area contributed by atoms with Gasteiger partial charge >= 0.3 is 6.03 Å². The van der Waals surface area contributed by atoms with E-state index < -0.39 is 0 Å². The number of hydrogen-bond acceptors (Lipinski definition) is 1. The molecular weight excluding hydrogens is 135 g/mol. The van der Waals surface area contributed by atoms with Gasteiger partial charge in [-0.05, 0) is 12.3 Å². The molecule has 0 bridgehead atoms. The number of nitrogens with two attached hydrogens (primary N) is 1. The molecule has 2 N–H and O–H groups in total. The number of nitrogens with zero attached hydrogens (tertiary/aromatic N) is 1. The van der Waals surface area contributed by atoms with Gasteiger partial charge in [-0.2, -0.15) is 0 Å². The van der Waals surface area contributed by atoms with Crippen molar-refractivity contribution in [3.05, 3.63) is 0 Å². The number of carbonyl (C=O) groups excluding carboxylic acids is 1. The lowest BCUT2D eigenvalue weighted by Crippen LogP contribution is -2.40. The first kappa shape index (κ1) is 6.81. The molecule has 0 atom stereocenters. The zero-order valence-electron chi connectivity index (χ0n) is 5.26. The Morgan fingerprint density at radius 2 is 2.00 bits per heavy atom. The molecule has 1 fully saturated rings. The zero-order valence-corrected chi connectivity index (χ0v) is 6.26. The molecule has 4 heteroatoms. The summed E-state index contributed by atoms with van der Waals surface area (Å²) in [5.41, 5.74) is 5.06. The Labute approximate surface area is 56.4 Å². The number of hydrogen-bond donors (Lipinski definition) is 1. The van der Waals surface area contributed by atoms with Crippen LogP contribution in [0.4, 0.5) is 4.79 Å². The first-order valence-corrected chi connectivity index (χ1v) is 4.47. The summed E-state index contributed by atoms with van der Waals surface area (Å²) >= 11 is 0. The summed E-state index contributed by atoms with van der Waals surface area (Å²) in [5.74, 6) is 0. The van der Waals surface area contributed by atoms with Crippen LogP contribution in [-0.4, -0.2) is 36.3 Å². The standard InChI is InChI=1S/C5H11N2OP/c6-5(8)7-1-3-9-4-2-7/h9H,1-4H2,(H2,6,8). The average molecular weight is 146 g/mol. The van der Waals surface area contributed by atoms with Gasteiger partial charge in [-0.15, -0.1) is 8.58 Å². The molecule has 0 aromatic rings. The molecule has 1 aliphatic heterocycles. The molecule has 0 aromatic carbocycles. The maximum Gasteiger partial charge on any atom is 0.314 e. The van der Waals surface area contributed by atoms with Gasteiger partial charge in [0.25, 0.3) is 0 Å². The normalized spacial score (nSPS) is 19.8. The summed E-state index contributed by atoms with van der Waals surface area (Å²) in [4.78, 5) is 12.2. The first-order valence-electron chi connectivity index (χ1n) is 3.06. The molecule has 1 aliphatic rings. The minimum Gasteiger partial charge on any atom is -0.351 e. The van der Waals surface area contributed by atoms with Crippen LogP contribution in [0.15, 0.2) is 0 Å². The van der Waals surface area contributed by atoms with Crippen molar-refractivity contribution >= 4 is 14.6 Å². The Kier molecular flexibility index (Phi) is 2.29. The molecule has 0 unspecified atom stereocenters. The van der Waals surface area contributed by atoms with Crippen molar-refractivity contribution in [3.63, 3.8) is 0 Å². The maximum absolute atomic E-state index is 10.5. The quantitative estimate of drug-likeness (QED) is 0.482. The van der Waals surface area contributed by atoms with E-state index in [1.54, 1.807) is 4.90 Å². The fraction of sp³-hybridized carbons (Fsp3) is 0.800. The van der Waals surface area contributed by atoms with Gasteiger partial charge < -0.3 is 10.6 Å². The third-order valence-electron chi connectivity index (χ3n) is 1.43. The summed E-state index contributed by atoms with van der Waals surface area (Å²) in [6, 6.07) is -0.264. The average Bonchev–Trinajstić information content (AvgIpc) is 1.90. The minimum atomic E-state index is -0.264. The van der Waals surface area contributed by atoms with Crippen molar-refractivity contribution in [2.24, 2.45) is 5.73 Å². The highest BCUT2D eigenvalue weighted by Crippen LogP contribution is 2.14. The predicted molar refractivity (Wildman–Crippen MR) is 39.2 cm³/mol. The van der Waals surface area contributed by atoms with Crippen LogP contribution in [0.1, 0.15) is 0 Å². The van der Waals surface area contributed by atoms with Crippen LogP contribution in [0.25, 0.3) is 0 Å². The lowest BCUT2D eigenvalue weighted by atomic mass is 10.5. The third kappa shape index (κ3) is 1.83. The highest BCUT2D eigenvalue weighted by molar-refractivity contribution is 7.38. The van der Waals surface area contributed by atoms with Crippen LogP contribution in [-0.2, 0) is 0 Å². The van der Waals surface area contributed by atoms with Crippen LogP contribution < -0.4 is 5.73 Å². The summed E-state index contributed by atoms with van der Waals surface area (Å²) in [5, 5.41) is 0. The van der Waals surface area contributed by atoms with Crippen LogP contribution in [0.5, 0.6) is 0 Å². The monoisotopic (exact) mass is 146 g/mol. The highest BCUT2D eigenvalue weighted by Gasteiger charge is 2.11. The van der Waals surface area contributed by atoms with Crippen molar-refractivity contribution in [2.45, 2.75) is 0 Å². The number of amides is 2. The van der Waals surface area contributed by atoms with E-state index in [1.165, 1.54) is 0 Å². The zero-order chi connectivity index (χ0) is 6.69. The second-order valence-electron chi connectivity index (χ2n) is 2.08. The summed E-state index contributed by atoms with van der Waals surface area (Å²) in [6.07, 6.45) is 2.28. The van der Waals surface area contributed by atoms with Gasteiger partial charge in [0.2, 0.25) is 0 Å². The lowest BCUT2D eigenvalue weighted by molar-refractivity contribution is 0.212. The van der Waals surface area contributed by atoms with Crippen molar-refractivity contribution in [3.8, 4) is 0 Å². The Hall–Kier alpha value is -0.300. The van der Waals surface area contributed by atoms with Crippen LogP contribution in [0.3, 0.4) is 0 Å². The van der Waals surface area contributed by atoms with Crippen LogP contribution in [0.2, 0.25) is 0 Å². The van der Waals surface area contributed by atoms with E-state index in [-0.39, 0.29) is 6.03 Å². The van der Waals surface area contributed by atoms with Crippen LogP contribution >= 0.6 is 8.58 Å². The fourth-order valence-corrected chi connectivity index (χ4v) is 1.99. The molecule has 1 rings (SSSR count). The smallest absolute Gasteiger partial charge is 0.314 e. The lowest BCUT2D eigenvalue weighted by Gasteiger charge is -2.24. The Morgan fingerprint density at radius 1 is 1.44 bits per heavy atom. The Balaban J connectivity index is 2.31. The summed E-state index contributed by atoms with van der Waals surface area (Å²) in [6.45, 7) is 1.74. The second kappa shape index (κ2) is 3.02. The van der Waals surface area contributed by atoms with E-state index in [1.807, 2.05) is 0 Å². The van der Waals surface area contributed by atoms with E-state index in [0.29, 0.717) is 0 Å². The van der Waals surface area contributed by atoms with Crippen molar-refractivity contribution in [1.29, 1.82) is 0 Å². The molecule has 1 heterocycles. The maximum atomic E-state index is 10.5. The third-order valence-corrected chi connectivity index (χ3v) is 2.58. The number of carbonyl (C=O) groups is 1. The predicted octanol–water partition coefficient (Wildman–Crippen LogP) is 0.0592. The highest BCUT2D eigenvalue weighted by atomic mass is 31.1. The van der Waals surface area contributed by atoms with Gasteiger partial charge in [0.1, 0.15) is 0 Å². The number of rotatable bonds is 0. The van der Waals surface area contributed by atoms with Gasteiger partial charge in [0.15, 0.2) is 0 Å². The largest absolute Gasteiger partial charge is 0.351 e. The van der Waals surface area contributed by atoms with E-state index >= 15 is 0 Å². The fourth-order valence-electron chi connectivity index (χ4n) is 0.885. The van der Waals surface area contributed by atoms with E-state index in [4.69, 9.17) is 5.73 Å². The van der Waals surface area contributed by atoms with Crippen molar-refractivity contribution < 1.29 is 4.79 Å². The molecule has 0 spiro atoms. The molecule has 2 amide bonds. The number of urea groups is 1. The van der Waals surface area contributed by atoms with E-state index in [9.17, 15) is 4.79 Å². The number of primary amides is 1. The Morgan fingerprint density at radius 3 is 2.33 bits per heavy atom. The van der Waals surface area contributed by atoms with Crippen molar-refractivity contribution in [2.75, 3.05) is 25.4 Å². The molecule has 0 aromatic heterocycles. The molecule has 3 nitrogen and oxygen atoms in total. The summed E-state index contributed by atoms with van der Waals surface area (Å²) < 4.78 is 0. The summed E-state index contributed by atoms with van der Waals surface area (Å²) in [7, 11) is 1.03. The minimum absolute atomic E-state index is 0.264. The molecule has 0 radical (unpaired) electrons. The van der Waals surface area contributed by atoms with E-state index in [0.717, 1.165) is 34.0 Å². The van der Waals surface area contributed by atoms with Gasteiger partial charge in [0, 0.05) is 13.1 Å². The van der Waals surface area contributed by atoms with E-state index in [2.05, 4.69) is 0 Å². The molecule has 0 aliphatic carbocycles. The molecular formula is C5H11N2OP. The van der Waals surface area contributed by atoms with Gasteiger partial charge in [-0.1, -0.05) is 0 Å². The molecule has 9 heavy (non-hydrogen) atoms. The van der Waals surface area contributed by atoms with Crippen molar-refractivity contribution in [1.82, 2.24) is 4.90 Å². The van der Waals surface area contributed by atoms with Gasteiger partial charge in [0.05, 0.1) is 0 Å². The van der Waals surface area contributed by atoms with Gasteiger partial charge in [-0.25, -0.2) is 4.79 Å².